The van der Waals surface area contributed by atoms with E-state index in [0.717, 1.165) is 18.4 Å². The van der Waals surface area contributed by atoms with Crippen LogP contribution in [0.3, 0.4) is 0 Å². The second-order valence-electron chi connectivity index (χ2n) is 7.17. The van der Waals surface area contributed by atoms with Crippen LogP contribution in [0.4, 0.5) is 0 Å². The van der Waals surface area contributed by atoms with Gasteiger partial charge in [-0.15, -0.1) is 0 Å². The van der Waals surface area contributed by atoms with E-state index in [-0.39, 0.29) is 6.04 Å². The minimum atomic E-state index is 0.253. The fraction of sp³-hybridized carbons (Fsp3) is 0.941. The zero-order valence-corrected chi connectivity index (χ0v) is 12.7. The minimum absolute atomic E-state index is 0.253. The number of nitrogens with zero attached hydrogens (tertiary/aromatic N) is 1. The summed E-state index contributed by atoms with van der Waals surface area (Å²) in [6.45, 7) is 6.50. The molecule has 1 aliphatic heterocycles. The molecule has 3 rings (SSSR count). The molecule has 0 radical (unpaired) electrons. The van der Waals surface area contributed by atoms with Gasteiger partial charge in [0.1, 0.15) is 5.78 Å². The molecule has 0 aromatic carbocycles. The van der Waals surface area contributed by atoms with E-state index in [1.54, 1.807) is 0 Å². The van der Waals surface area contributed by atoms with Crippen LogP contribution >= 0.6 is 0 Å². The van der Waals surface area contributed by atoms with E-state index in [2.05, 4.69) is 11.8 Å². The zero-order chi connectivity index (χ0) is 13.5. The fourth-order valence-electron chi connectivity index (χ4n) is 4.98. The van der Waals surface area contributed by atoms with Gasteiger partial charge >= 0.3 is 0 Å². The van der Waals surface area contributed by atoms with Gasteiger partial charge in [0.05, 0.1) is 6.04 Å². The molecule has 0 amide bonds. The first-order valence-corrected chi connectivity index (χ1v) is 8.47. The zero-order valence-electron chi connectivity index (χ0n) is 12.7. The maximum atomic E-state index is 12.1. The van der Waals surface area contributed by atoms with Gasteiger partial charge < -0.3 is 0 Å². The second kappa shape index (κ2) is 5.20. The molecule has 1 spiro atoms. The lowest BCUT2D eigenvalue weighted by Gasteiger charge is -2.24. The lowest BCUT2D eigenvalue weighted by atomic mass is 9.82. The molecule has 0 aromatic heterocycles. The molecule has 19 heavy (non-hydrogen) atoms. The van der Waals surface area contributed by atoms with Crippen LogP contribution in [-0.4, -0.2) is 29.8 Å². The van der Waals surface area contributed by atoms with E-state index >= 15 is 0 Å². The Morgan fingerprint density at radius 3 is 2.53 bits per heavy atom. The topological polar surface area (TPSA) is 20.3 Å². The number of rotatable bonds is 4. The van der Waals surface area contributed by atoms with Crippen molar-refractivity contribution in [2.45, 2.75) is 71.3 Å². The Bertz CT molecular complexity index is 347. The number of hydrogen-bond acceptors (Lipinski definition) is 2. The van der Waals surface area contributed by atoms with Gasteiger partial charge in [0, 0.05) is 13.0 Å². The Morgan fingerprint density at radius 2 is 1.89 bits per heavy atom. The van der Waals surface area contributed by atoms with E-state index in [9.17, 15) is 4.79 Å². The molecule has 108 valence electrons. The summed E-state index contributed by atoms with van der Waals surface area (Å²) in [5.74, 6) is 2.42. The van der Waals surface area contributed by atoms with Gasteiger partial charge in [-0.25, -0.2) is 0 Å². The number of carbonyl (C=O) groups is 1. The van der Waals surface area contributed by atoms with E-state index in [4.69, 9.17) is 0 Å². The second-order valence-corrected chi connectivity index (χ2v) is 7.17. The SMILES string of the molecule is CCC(=O)[C@@H]1C[C@]2(CC2C2CCCCC2)CN1CC. The Labute approximate surface area is 117 Å². The summed E-state index contributed by atoms with van der Waals surface area (Å²) < 4.78 is 0. The number of likely N-dealkylation sites (N-methyl/N-ethyl adjacent to an activating group) is 1. The number of ketones is 1. The molecule has 3 aliphatic rings. The Balaban J connectivity index is 1.65. The third-order valence-electron chi connectivity index (χ3n) is 6.16. The Morgan fingerprint density at radius 1 is 1.16 bits per heavy atom. The van der Waals surface area contributed by atoms with Crippen molar-refractivity contribution in [1.29, 1.82) is 0 Å². The highest BCUT2D eigenvalue weighted by atomic mass is 16.1. The summed E-state index contributed by atoms with van der Waals surface area (Å²) in [6.07, 6.45) is 10.6. The van der Waals surface area contributed by atoms with Crippen molar-refractivity contribution < 1.29 is 4.79 Å². The molecule has 0 bridgehead atoms. The summed E-state index contributed by atoms with van der Waals surface area (Å²) in [6, 6.07) is 0.253. The largest absolute Gasteiger partial charge is 0.298 e. The van der Waals surface area contributed by atoms with Crippen LogP contribution in [0.15, 0.2) is 0 Å². The maximum Gasteiger partial charge on any atom is 0.149 e. The number of likely N-dealkylation sites (tertiary alicyclic amines) is 1. The average molecular weight is 263 g/mol. The van der Waals surface area contributed by atoms with Gasteiger partial charge in [0.2, 0.25) is 0 Å². The summed E-state index contributed by atoms with van der Waals surface area (Å²) >= 11 is 0. The van der Waals surface area contributed by atoms with Crippen LogP contribution in [0.1, 0.15) is 65.2 Å². The first-order chi connectivity index (χ1) is 9.20. The van der Waals surface area contributed by atoms with Crippen LogP contribution in [0.5, 0.6) is 0 Å². The smallest absolute Gasteiger partial charge is 0.149 e. The minimum Gasteiger partial charge on any atom is -0.298 e. The Hall–Kier alpha value is -0.370. The highest BCUT2D eigenvalue weighted by Gasteiger charge is 2.62. The first kappa shape index (κ1) is 13.6. The number of hydrogen-bond donors (Lipinski definition) is 0. The summed E-state index contributed by atoms with van der Waals surface area (Å²) in [5, 5.41) is 0. The molecule has 3 atom stereocenters. The average Bonchev–Trinajstić information content (AvgIpc) is 3.02. The monoisotopic (exact) mass is 263 g/mol. The predicted octanol–water partition coefficient (Wildman–Crippen LogP) is 3.65. The normalized spacial score (nSPS) is 39.9. The van der Waals surface area contributed by atoms with Crippen LogP contribution in [0, 0.1) is 17.3 Å². The molecule has 2 saturated carbocycles. The predicted molar refractivity (Wildman–Crippen MR) is 78.1 cm³/mol. The van der Waals surface area contributed by atoms with Gasteiger partial charge in [0.15, 0.2) is 0 Å². The number of Topliss-reactive ketones (excluding diaryl/α,β-unsaturated/α-hetero) is 1. The fourth-order valence-corrected chi connectivity index (χ4v) is 4.98. The third-order valence-corrected chi connectivity index (χ3v) is 6.16. The van der Waals surface area contributed by atoms with Crippen LogP contribution in [0.2, 0.25) is 0 Å². The van der Waals surface area contributed by atoms with E-state index in [1.165, 1.54) is 51.5 Å². The third kappa shape index (κ3) is 2.37. The van der Waals surface area contributed by atoms with Crippen molar-refractivity contribution >= 4 is 5.78 Å². The van der Waals surface area contributed by atoms with Crippen molar-refractivity contribution in [2.75, 3.05) is 13.1 Å². The summed E-state index contributed by atoms with van der Waals surface area (Å²) in [7, 11) is 0. The van der Waals surface area contributed by atoms with Crippen molar-refractivity contribution in [2.24, 2.45) is 17.3 Å². The molecule has 1 saturated heterocycles. The lowest BCUT2D eigenvalue weighted by molar-refractivity contribution is -0.123. The summed E-state index contributed by atoms with van der Waals surface area (Å²) in [4.78, 5) is 14.6. The lowest BCUT2D eigenvalue weighted by Crippen LogP contribution is -2.35. The van der Waals surface area contributed by atoms with Crippen LogP contribution in [-0.2, 0) is 4.79 Å². The van der Waals surface area contributed by atoms with E-state index in [1.807, 2.05) is 6.92 Å². The van der Waals surface area contributed by atoms with Crippen molar-refractivity contribution in [3.05, 3.63) is 0 Å². The molecule has 1 unspecified atom stereocenters. The molecule has 0 N–H and O–H groups in total. The standard InChI is InChI=1S/C17H29NO/c1-3-16(19)15-11-17(12-18(15)4-2)10-14(17)13-8-6-5-7-9-13/h13-15H,3-12H2,1-2H3/t14?,15-,17+/m0/s1. The maximum absolute atomic E-state index is 12.1. The van der Waals surface area contributed by atoms with E-state index < -0.39 is 0 Å². The first-order valence-electron chi connectivity index (χ1n) is 8.47. The summed E-state index contributed by atoms with van der Waals surface area (Å²) in [5.41, 5.74) is 0.549. The molecule has 3 fully saturated rings. The van der Waals surface area contributed by atoms with E-state index in [0.29, 0.717) is 17.6 Å². The number of carbonyl (C=O) groups excluding carboxylic acids is 1. The Kier molecular flexibility index (Phi) is 3.72. The van der Waals surface area contributed by atoms with Gasteiger partial charge in [0.25, 0.3) is 0 Å². The molecule has 2 nitrogen and oxygen atoms in total. The highest BCUT2D eigenvalue weighted by molar-refractivity contribution is 5.84. The van der Waals surface area contributed by atoms with Crippen molar-refractivity contribution in [1.82, 2.24) is 4.90 Å². The van der Waals surface area contributed by atoms with Crippen molar-refractivity contribution in [3.63, 3.8) is 0 Å². The van der Waals surface area contributed by atoms with Crippen molar-refractivity contribution in [3.8, 4) is 0 Å². The quantitative estimate of drug-likeness (QED) is 0.771. The molecule has 1 heterocycles. The molecule has 2 aliphatic carbocycles. The van der Waals surface area contributed by atoms with Crippen LogP contribution in [0.25, 0.3) is 0 Å². The molecular weight excluding hydrogens is 234 g/mol. The highest BCUT2D eigenvalue weighted by Crippen LogP contribution is 2.65. The van der Waals surface area contributed by atoms with Gasteiger partial charge in [-0.1, -0.05) is 46.0 Å². The molecule has 2 heteroatoms. The van der Waals surface area contributed by atoms with Gasteiger partial charge in [-0.2, -0.15) is 0 Å². The molecule has 0 aromatic rings. The molecular formula is C17H29NO. The van der Waals surface area contributed by atoms with Gasteiger partial charge in [-0.3, -0.25) is 9.69 Å². The van der Waals surface area contributed by atoms with Gasteiger partial charge in [-0.05, 0) is 36.6 Å². The van der Waals surface area contributed by atoms with Crippen LogP contribution < -0.4 is 0 Å².